The lowest BCUT2D eigenvalue weighted by molar-refractivity contribution is 0.0963. The molecule has 0 spiro atoms. The van der Waals surface area contributed by atoms with E-state index in [9.17, 15) is 4.79 Å². The highest BCUT2D eigenvalue weighted by molar-refractivity contribution is 5.96. The summed E-state index contributed by atoms with van der Waals surface area (Å²) in [5.74, 6) is 2.13. The molecule has 0 aliphatic rings. The monoisotopic (exact) mass is 460 g/mol. The Bertz CT molecular complexity index is 1050. The van der Waals surface area contributed by atoms with E-state index in [2.05, 4.69) is 45.0 Å². The van der Waals surface area contributed by atoms with Crippen molar-refractivity contribution in [1.82, 2.24) is 0 Å². The van der Waals surface area contributed by atoms with E-state index in [0.717, 1.165) is 40.9 Å². The van der Waals surface area contributed by atoms with Gasteiger partial charge in [-0.1, -0.05) is 101 Å². The van der Waals surface area contributed by atoms with Gasteiger partial charge in [0.05, 0.1) is 7.11 Å². The Morgan fingerprint density at radius 3 is 2.32 bits per heavy atom. The van der Waals surface area contributed by atoms with E-state index < -0.39 is 0 Å². The van der Waals surface area contributed by atoms with Crippen LogP contribution in [0.4, 0.5) is 0 Å². The highest BCUT2D eigenvalue weighted by Crippen LogP contribution is 2.36. The van der Waals surface area contributed by atoms with Gasteiger partial charge in [-0.3, -0.25) is 4.79 Å². The molecule has 3 aromatic rings. The predicted molar refractivity (Wildman–Crippen MR) is 142 cm³/mol. The lowest BCUT2D eigenvalue weighted by Crippen LogP contribution is -2.05. The third-order valence-corrected chi connectivity index (χ3v) is 6.67. The van der Waals surface area contributed by atoms with Gasteiger partial charge in [0.15, 0.2) is 17.3 Å². The van der Waals surface area contributed by atoms with Crippen molar-refractivity contribution in [1.29, 1.82) is 0 Å². The number of unbranched alkanes of at least 4 members (excludes halogenated alkanes) is 4. The van der Waals surface area contributed by atoms with Crippen molar-refractivity contribution in [2.24, 2.45) is 5.92 Å². The highest BCUT2D eigenvalue weighted by Gasteiger charge is 2.12. The maximum Gasteiger partial charge on any atom is 0.168 e. The molecule has 0 heterocycles. The molecule has 0 unspecified atom stereocenters. The zero-order valence-corrected chi connectivity index (χ0v) is 21.4. The topological polar surface area (TPSA) is 35.5 Å². The van der Waals surface area contributed by atoms with Crippen LogP contribution in [0.3, 0.4) is 0 Å². The molecule has 0 amide bonds. The maximum atomic E-state index is 12.4. The number of hydrogen-bond donors (Lipinski definition) is 0. The molecule has 0 bridgehead atoms. The average Bonchev–Trinajstić information content (AvgIpc) is 2.87. The molecule has 0 saturated carbocycles. The Hall–Kier alpha value is -2.81. The fourth-order valence-electron chi connectivity index (χ4n) is 4.27. The molecule has 1 atom stereocenters. The minimum absolute atomic E-state index is 0.207. The number of benzene rings is 3. The van der Waals surface area contributed by atoms with E-state index in [-0.39, 0.29) is 5.78 Å². The first kappa shape index (κ1) is 25.8. The van der Waals surface area contributed by atoms with Crippen LogP contribution in [0.1, 0.15) is 87.2 Å². The third-order valence-electron chi connectivity index (χ3n) is 6.67. The number of carbonyl (C=O) groups excluding carboxylic acids is 1. The lowest BCUT2D eigenvalue weighted by atomic mass is 9.97. The highest BCUT2D eigenvalue weighted by atomic mass is 16.5. The van der Waals surface area contributed by atoms with Crippen LogP contribution in [0.2, 0.25) is 0 Å². The second-order valence-corrected chi connectivity index (χ2v) is 9.44. The first-order valence-electron chi connectivity index (χ1n) is 12.9. The number of hydrogen-bond acceptors (Lipinski definition) is 3. The minimum Gasteiger partial charge on any atom is -0.492 e. The number of fused-ring (bicyclic) bond motifs is 1. The molecular formula is C31H40O3. The summed E-state index contributed by atoms with van der Waals surface area (Å²) in [4.78, 5) is 12.4. The first-order chi connectivity index (χ1) is 16.5. The summed E-state index contributed by atoms with van der Waals surface area (Å²) < 4.78 is 11.9. The van der Waals surface area contributed by atoms with Gasteiger partial charge in [0, 0.05) is 17.4 Å². The van der Waals surface area contributed by atoms with Gasteiger partial charge in [0.2, 0.25) is 0 Å². The largest absolute Gasteiger partial charge is 0.492 e. The Labute approximate surface area is 205 Å². The summed E-state index contributed by atoms with van der Waals surface area (Å²) in [6.07, 6.45) is 9.22. The number of Topliss-reactive ketones (excluding diaryl/α,β-unsaturated/α-hetero) is 1. The summed E-state index contributed by atoms with van der Waals surface area (Å²) >= 11 is 0. The molecule has 0 aliphatic carbocycles. The van der Waals surface area contributed by atoms with Crippen molar-refractivity contribution in [3.8, 4) is 11.5 Å². The van der Waals surface area contributed by atoms with E-state index in [4.69, 9.17) is 9.47 Å². The van der Waals surface area contributed by atoms with Crippen LogP contribution < -0.4 is 9.47 Å². The van der Waals surface area contributed by atoms with Crippen molar-refractivity contribution in [3.05, 3.63) is 71.3 Å². The Balaban J connectivity index is 1.64. The molecule has 0 fully saturated rings. The third kappa shape index (κ3) is 7.09. The van der Waals surface area contributed by atoms with Crippen LogP contribution in [0, 0.1) is 5.92 Å². The zero-order valence-electron chi connectivity index (χ0n) is 21.4. The van der Waals surface area contributed by atoms with Crippen molar-refractivity contribution in [3.63, 3.8) is 0 Å². The first-order valence-corrected chi connectivity index (χ1v) is 12.9. The molecule has 0 saturated heterocycles. The van der Waals surface area contributed by atoms with Gasteiger partial charge in [-0.05, 0) is 41.3 Å². The smallest absolute Gasteiger partial charge is 0.168 e. The average molecular weight is 461 g/mol. The molecule has 3 heteroatoms. The molecule has 34 heavy (non-hydrogen) atoms. The molecule has 3 aromatic carbocycles. The van der Waals surface area contributed by atoms with Crippen molar-refractivity contribution in [2.75, 3.05) is 7.11 Å². The summed E-state index contributed by atoms with van der Waals surface area (Å²) in [7, 11) is 1.70. The maximum absolute atomic E-state index is 12.4. The van der Waals surface area contributed by atoms with Crippen LogP contribution in [0.25, 0.3) is 10.8 Å². The molecule has 3 nitrogen and oxygen atoms in total. The van der Waals surface area contributed by atoms with Crippen LogP contribution >= 0.6 is 0 Å². The Morgan fingerprint density at radius 2 is 1.62 bits per heavy atom. The van der Waals surface area contributed by atoms with E-state index in [1.165, 1.54) is 43.1 Å². The molecule has 0 radical (unpaired) electrons. The lowest BCUT2D eigenvalue weighted by Gasteiger charge is -2.14. The SMILES string of the molecule is CCCCCCCc1ccc2c(OC)c(OCc3ccc(C(=O)C[C@H](C)CC)cc3)ccc2c1. The van der Waals surface area contributed by atoms with Crippen LogP contribution in [-0.2, 0) is 13.0 Å². The van der Waals surface area contributed by atoms with Crippen molar-refractivity contribution >= 4 is 16.6 Å². The summed E-state index contributed by atoms with van der Waals surface area (Å²) in [6.45, 7) is 6.92. The van der Waals surface area contributed by atoms with Gasteiger partial charge in [0.1, 0.15) is 6.61 Å². The fourth-order valence-corrected chi connectivity index (χ4v) is 4.27. The molecule has 0 aromatic heterocycles. The zero-order chi connectivity index (χ0) is 24.3. The van der Waals surface area contributed by atoms with Crippen LogP contribution in [-0.4, -0.2) is 12.9 Å². The summed E-state index contributed by atoms with van der Waals surface area (Å²) in [6, 6.07) is 18.5. The molecular weight excluding hydrogens is 420 g/mol. The predicted octanol–water partition coefficient (Wildman–Crippen LogP) is 8.56. The Morgan fingerprint density at radius 1 is 0.882 bits per heavy atom. The number of methoxy groups -OCH3 is 1. The number of ether oxygens (including phenoxy) is 2. The van der Waals surface area contributed by atoms with Crippen LogP contribution in [0.5, 0.6) is 11.5 Å². The number of carbonyl (C=O) groups is 1. The molecule has 0 N–H and O–H groups in total. The number of aryl methyl sites for hydroxylation is 1. The van der Waals surface area contributed by atoms with E-state index >= 15 is 0 Å². The second-order valence-electron chi connectivity index (χ2n) is 9.44. The van der Waals surface area contributed by atoms with Crippen molar-refractivity contribution < 1.29 is 14.3 Å². The van der Waals surface area contributed by atoms with Gasteiger partial charge in [-0.25, -0.2) is 0 Å². The van der Waals surface area contributed by atoms with E-state index in [0.29, 0.717) is 18.9 Å². The Kier molecular flexibility index (Phi) is 10.00. The van der Waals surface area contributed by atoms with Gasteiger partial charge >= 0.3 is 0 Å². The number of ketones is 1. The molecule has 3 rings (SSSR count). The fraction of sp³-hybridized carbons (Fsp3) is 0.452. The summed E-state index contributed by atoms with van der Waals surface area (Å²) in [5, 5.41) is 2.25. The van der Waals surface area contributed by atoms with Gasteiger partial charge in [-0.2, -0.15) is 0 Å². The molecule has 0 aliphatic heterocycles. The minimum atomic E-state index is 0.207. The van der Waals surface area contributed by atoms with Gasteiger partial charge in [-0.15, -0.1) is 0 Å². The quantitative estimate of drug-likeness (QED) is 0.178. The molecule has 182 valence electrons. The standard InChI is InChI=1S/C31H40O3/c1-5-7-8-9-10-11-24-14-18-28-27(21-24)17-19-30(31(28)33-4)34-22-25-12-15-26(16-13-25)29(32)20-23(3)6-2/h12-19,21,23H,5-11,20,22H2,1-4H3/t23-/m1/s1. The normalized spacial score (nSPS) is 12.0. The van der Waals surface area contributed by atoms with Gasteiger partial charge < -0.3 is 9.47 Å². The number of rotatable bonds is 14. The second kappa shape index (κ2) is 13.2. The van der Waals surface area contributed by atoms with Crippen LogP contribution in [0.15, 0.2) is 54.6 Å². The van der Waals surface area contributed by atoms with E-state index in [1.807, 2.05) is 30.3 Å². The van der Waals surface area contributed by atoms with Gasteiger partial charge in [0.25, 0.3) is 0 Å². The van der Waals surface area contributed by atoms with Crippen molar-refractivity contribution in [2.45, 2.75) is 78.7 Å². The van der Waals surface area contributed by atoms with E-state index in [1.54, 1.807) is 7.11 Å². The summed E-state index contributed by atoms with van der Waals surface area (Å²) in [5.41, 5.74) is 3.18.